The summed E-state index contributed by atoms with van der Waals surface area (Å²) in [5.74, 6) is 0. The molecule has 3 nitrogen and oxygen atoms in total. The average Bonchev–Trinajstić information content (AvgIpc) is 1.90. The molecule has 0 fully saturated rings. The molecule has 0 aromatic carbocycles. The van der Waals surface area contributed by atoms with Crippen LogP contribution in [0.4, 0.5) is 0 Å². The molecule has 0 saturated heterocycles. The van der Waals surface area contributed by atoms with Crippen LogP contribution in [0.15, 0.2) is 17.4 Å². The van der Waals surface area contributed by atoms with Crippen molar-refractivity contribution in [2.24, 2.45) is 4.99 Å². The first kappa shape index (κ1) is 5.03. The molecule has 42 valence electrons. The Labute approximate surface area is 47.1 Å². The largest absolute Gasteiger partial charge is 0.384 e. The highest BCUT2D eigenvalue weighted by atomic mass is 16.1. The van der Waals surface area contributed by atoms with Crippen molar-refractivity contribution in [3.8, 4) is 0 Å². The van der Waals surface area contributed by atoms with E-state index in [4.69, 9.17) is 0 Å². The van der Waals surface area contributed by atoms with Gasteiger partial charge in [0.2, 0.25) is 0 Å². The smallest absolute Gasteiger partial charge is 0.166 e. The standard InChI is InChI=1S/C5H6N2O/c8-4-5-3-6-1-2-7-5/h1-2,4,6H,3H2. The van der Waals surface area contributed by atoms with Gasteiger partial charge in [-0.25, -0.2) is 0 Å². The molecular weight excluding hydrogens is 104 g/mol. The topological polar surface area (TPSA) is 41.5 Å². The Bertz CT molecular complexity index is 149. The Balaban J connectivity index is 2.63. The quantitative estimate of drug-likeness (QED) is 0.471. The number of nitrogens with zero attached hydrogens (tertiary/aromatic N) is 1. The zero-order valence-electron chi connectivity index (χ0n) is 4.29. The van der Waals surface area contributed by atoms with E-state index in [0.29, 0.717) is 12.3 Å². The normalized spacial score (nSPS) is 16.8. The van der Waals surface area contributed by atoms with Gasteiger partial charge in [0.05, 0.1) is 12.3 Å². The minimum absolute atomic E-state index is 0.549. The number of hydrogen-bond donors (Lipinski definition) is 1. The van der Waals surface area contributed by atoms with Crippen LogP contribution in [0.1, 0.15) is 0 Å². The SMILES string of the molecule is O=CC1=NC=CNC1. The van der Waals surface area contributed by atoms with Gasteiger partial charge in [0.1, 0.15) is 0 Å². The van der Waals surface area contributed by atoms with Crippen LogP contribution in [0.5, 0.6) is 0 Å². The van der Waals surface area contributed by atoms with Gasteiger partial charge in [0.15, 0.2) is 6.29 Å². The summed E-state index contributed by atoms with van der Waals surface area (Å²) in [6.45, 7) is 0.556. The molecule has 0 atom stereocenters. The van der Waals surface area contributed by atoms with Crippen LogP contribution in [0.25, 0.3) is 0 Å². The zero-order valence-corrected chi connectivity index (χ0v) is 4.29. The molecule has 0 aromatic rings. The summed E-state index contributed by atoms with van der Waals surface area (Å²) in [5, 5.41) is 2.84. The molecule has 1 rings (SSSR count). The maximum atomic E-state index is 9.96. The minimum Gasteiger partial charge on any atom is -0.384 e. The molecule has 1 heterocycles. The summed E-state index contributed by atoms with van der Waals surface area (Å²) in [6.07, 6.45) is 4.01. The molecule has 0 saturated carbocycles. The molecule has 8 heavy (non-hydrogen) atoms. The van der Waals surface area contributed by atoms with E-state index in [1.807, 2.05) is 0 Å². The van der Waals surface area contributed by atoms with Gasteiger partial charge in [-0.15, -0.1) is 0 Å². The fourth-order valence-corrected chi connectivity index (χ4v) is 0.467. The first-order valence-electron chi connectivity index (χ1n) is 2.34. The van der Waals surface area contributed by atoms with Crippen molar-refractivity contribution in [1.29, 1.82) is 0 Å². The van der Waals surface area contributed by atoms with Crippen LogP contribution < -0.4 is 5.32 Å². The molecule has 0 radical (unpaired) electrons. The highest BCUT2D eigenvalue weighted by molar-refractivity contribution is 6.29. The number of carbonyl (C=O) groups is 1. The van der Waals surface area contributed by atoms with Crippen molar-refractivity contribution in [2.45, 2.75) is 0 Å². The van der Waals surface area contributed by atoms with E-state index >= 15 is 0 Å². The van der Waals surface area contributed by atoms with Crippen molar-refractivity contribution >= 4 is 12.0 Å². The molecule has 0 bridgehead atoms. The molecular formula is C5H6N2O. The van der Waals surface area contributed by atoms with Gasteiger partial charge in [-0.2, -0.15) is 0 Å². The lowest BCUT2D eigenvalue weighted by Crippen LogP contribution is -2.21. The summed E-state index contributed by atoms with van der Waals surface area (Å²) < 4.78 is 0. The second-order valence-corrected chi connectivity index (χ2v) is 1.43. The van der Waals surface area contributed by atoms with Gasteiger partial charge in [-0.1, -0.05) is 0 Å². The number of nitrogens with one attached hydrogen (secondary N) is 1. The van der Waals surface area contributed by atoms with Crippen molar-refractivity contribution in [3.63, 3.8) is 0 Å². The molecule has 3 heteroatoms. The maximum absolute atomic E-state index is 9.96. The Hall–Kier alpha value is -1.12. The molecule has 0 unspecified atom stereocenters. The number of carbonyl (C=O) groups excluding carboxylic acids is 1. The third-order valence-corrected chi connectivity index (χ3v) is 0.852. The zero-order chi connectivity index (χ0) is 5.82. The summed E-state index contributed by atoms with van der Waals surface area (Å²) in [4.78, 5) is 13.7. The molecule has 0 aromatic heterocycles. The Morgan fingerprint density at radius 3 is 3.12 bits per heavy atom. The summed E-state index contributed by atoms with van der Waals surface area (Å²) in [6, 6.07) is 0. The monoisotopic (exact) mass is 110 g/mol. The van der Waals surface area contributed by atoms with E-state index in [9.17, 15) is 4.79 Å². The number of hydrogen-bond acceptors (Lipinski definition) is 3. The fourth-order valence-electron chi connectivity index (χ4n) is 0.467. The molecule has 0 amide bonds. The van der Waals surface area contributed by atoms with Gasteiger partial charge in [-0.3, -0.25) is 9.79 Å². The highest BCUT2D eigenvalue weighted by Crippen LogP contribution is 1.81. The van der Waals surface area contributed by atoms with Gasteiger partial charge >= 0.3 is 0 Å². The van der Waals surface area contributed by atoms with E-state index in [-0.39, 0.29) is 0 Å². The summed E-state index contributed by atoms with van der Waals surface area (Å²) >= 11 is 0. The molecule has 1 aliphatic rings. The van der Waals surface area contributed by atoms with Crippen LogP contribution in [0.2, 0.25) is 0 Å². The number of aliphatic imine (C=N–C) groups is 1. The van der Waals surface area contributed by atoms with Crippen LogP contribution in [0.3, 0.4) is 0 Å². The molecule has 1 aliphatic heterocycles. The predicted molar refractivity (Wildman–Crippen MR) is 30.6 cm³/mol. The van der Waals surface area contributed by atoms with Crippen LogP contribution in [-0.2, 0) is 4.79 Å². The van der Waals surface area contributed by atoms with Crippen molar-refractivity contribution < 1.29 is 4.79 Å². The van der Waals surface area contributed by atoms with E-state index < -0.39 is 0 Å². The second kappa shape index (κ2) is 2.26. The minimum atomic E-state index is 0.549. The van der Waals surface area contributed by atoms with Gasteiger partial charge in [-0.05, 0) is 0 Å². The Kier molecular flexibility index (Phi) is 1.42. The summed E-state index contributed by atoms with van der Waals surface area (Å²) in [7, 11) is 0. The van der Waals surface area contributed by atoms with Crippen LogP contribution in [0, 0.1) is 0 Å². The first-order chi connectivity index (χ1) is 3.93. The Morgan fingerprint density at radius 2 is 2.75 bits per heavy atom. The molecule has 0 spiro atoms. The third-order valence-electron chi connectivity index (χ3n) is 0.852. The third kappa shape index (κ3) is 0.932. The lowest BCUT2D eigenvalue weighted by molar-refractivity contribution is -0.102. The van der Waals surface area contributed by atoms with E-state index in [2.05, 4.69) is 10.3 Å². The summed E-state index contributed by atoms with van der Waals surface area (Å²) in [5.41, 5.74) is 0.549. The van der Waals surface area contributed by atoms with Crippen molar-refractivity contribution in [2.75, 3.05) is 6.54 Å². The number of aldehydes is 1. The molecule has 0 aliphatic carbocycles. The van der Waals surface area contributed by atoms with E-state index in [0.717, 1.165) is 6.29 Å². The van der Waals surface area contributed by atoms with E-state index in [1.165, 1.54) is 0 Å². The van der Waals surface area contributed by atoms with Crippen LogP contribution >= 0.6 is 0 Å². The predicted octanol–water partition coefficient (Wildman–Crippen LogP) is -0.299. The highest BCUT2D eigenvalue weighted by Gasteiger charge is 1.94. The number of rotatable bonds is 1. The van der Waals surface area contributed by atoms with Gasteiger partial charge in [0, 0.05) is 12.4 Å². The second-order valence-electron chi connectivity index (χ2n) is 1.43. The lowest BCUT2D eigenvalue weighted by atomic mass is 10.4. The maximum Gasteiger partial charge on any atom is 0.166 e. The molecule has 1 N–H and O–H groups in total. The first-order valence-corrected chi connectivity index (χ1v) is 2.34. The van der Waals surface area contributed by atoms with Gasteiger partial charge < -0.3 is 5.32 Å². The lowest BCUT2D eigenvalue weighted by Gasteiger charge is -2.00. The average molecular weight is 110 g/mol. The van der Waals surface area contributed by atoms with E-state index in [1.54, 1.807) is 12.4 Å². The Morgan fingerprint density at radius 1 is 1.88 bits per heavy atom. The van der Waals surface area contributed by atoms with Crippen molar-refractivity contribution in [3.05, 3.63) is 12.4 Å². The van der Waals surface area contributed by atoms with Gasteiger partial charge in [0.25, 0.3) is 0 Å². The van der Waals surface area contributed by atoms with Crippen LogP contribution in [-0.4, -0.2) is 18.5 Å². The fraction of sp³-hybridized carbons (Fsp3) is 0.200. The van der Waals surface area contributed by atoms with Crippen molar-refractivity contribution in [1.82, 2.24) is 5.32 Å².